The average molecular weight is 215 g/mol. The number of aromatic amines is 1. The first-order chi connectivity index (χ1) is 7.83. The fraction of sp³-hybridized carbons (Fsp3) is 0.0833. The molecule has 0 bridgehead atoms. The van der Waals surface area contributed by atoms with Crippen molar-refractivity contribution in [3.63, 3.8) is 0 Å². The smallest absolute Gasteiger partial charge is 0.327 e. The minimum atomic E-state index is -0.145. The summed E-state index contributed by atoms with van der Waals surface area (Å²) in [6.45, 7) is 0.483. The van der Waals surface area contributed by atoms with E-state index in [2.05, 4.69) is 4.98 Å². The van der Waals surface area contributed by atoms with E-state index in [9.17, 15) is 4.79 Å². The highest BCUT2D eigenvalue weighted by Crippen LogP contribution is 2.13. The minimum Gasteiger partial charge on any atom is -0.327 e. The molecule has 1 heterocycles. The lowest BCUT2D eigenvalue weighted by molar-refractivity contribution is 0.984. The van der Waals surface area contributed by atoms with Crippen molar-refractivity contribution in [2.24, 2.45) is 5.73 Å². The van der Waals surface area contributed by atoms with Gasteiger partial charge in [0, 0.05) is 18.9 Å². The summed E-state index contributed by atoms with van der Waals surface area (Å²) in [6, 6.07) is 7.66. The van der Waals surface area contributed by atoms with Crippen molar-refractivity contribution in [3.05, 3.63) is 58.8 Å². The van der Waals surface area contributed by atoms with Gasteiger partial charge >= 0.3 is 5.69 Å². The van der Waals surface area contributed by atoms with Crippen molar-refractivity contribution < 1.29 is 0 Å². The second-order valence-corrected chi connectivity index (χ2v) is 3.33. The SMILES string of the molecule is NC/C=C/c1ccccc1-n1cc[nH]c1=O. The van der Waals surface area contributed by atoms with Crippen LogP contribution in [0, 0.1) is 0 Å². The number of hydrogen-bond acceptors (Lipinski definition) is 2. The Morgan fingerprint density at radius 2 is 2.19 bits per heavy atom. The molecule has 2 aromatic rings. The Balaban J connectivity index is 2.53. The quantitative estimate of drug-likeness (QED) is 0.806. The molecule has 1 aromatic carbocycles. The number of para-hydroxylation sites is 1. The van der Waals surface area contributed by atoms with E-state index in [-0.39, 0.29) is 5.69 Å². The number of aromatic nitrogens is 2. The van der Waals surface area contributed by atoms with Gasteiger partial charge in [0.2, 0.25) is 0 Å². The predicted molar refractivity (Wildman–Crippen MR) is 64.5 cm³/mol. The number of benzene rings is 1. The monoisotopic (exact) mass is 215 g/mol. The third kappa shape index (κ3) is 1.97. The maximum atomic E-state index is 11.5. The summed E-state index contributed by atoms with van der Waals surface area (Å²) in [7, 11) is 0. The number of imidazole rings is 1. The molecule has 0 saturated heterocycles. The van der Waals surface area contributed by atoms with Crippen molar-refractivity contribution in [2.75, 3.05) is 6.54 Å². The maximum absolute atomic E-state index is 11.5. The van der Waals surface area contributed by atoms with Crippen LogP contribution in [0.5, 0.6) is 0 Å². The lowest BCUT2D eigenvalue weighted by Gasteiger charge is -2.05. The Kier molecular flexibility index (Phi) is 3.03. The molecule has 82 valence electrons. The molecule has 0 fully saturated rings. The van der Waals surface area contributed by atoms with Gasteiger partial charge in [-0.15, -0.1) is 0 Å². The third-order valence-corrected chi connectivity index (χ3v) is 2.28. The van der Waals surface area contributed by atoms with Crippen LogP contribution in [-0.2, 0) is 0 Å². The van der Waals surface area contributed by atoms with E-state index < -0.39 is 0 Å². The number of nitrogens with two attached hydrogens (primary N) is 1. The topological polar surface area (TPSA) is 63.8 Å². The molecule has 0 radical (unpaired) electrons. The largest absolute Gasteiger partial charge is 0.330 e. The number of hydrogen-bond donors (Lipinski definition) is 2. The molecule has 0 aliphatic rings. The number of H-pyrrole nitrogens is 1. The Labute approximate surface area is 93.0 Å². The van der Waals surface area contributed by atoms with E-state index in [0.29, 0.717) is 6.54 Å². The summed E-state index contributed by atoms with van der Waals surface area (Å²) in [4.78, 5) is 14.1. The standard InChI is InChI=1S/C12H13N3O/c13-7-3-5-10-4-1-2-6-11(10)15-9-8-14-12(15)16/h1-6,8-9H,7,13H2,(H,14,16)/b5-3+. The molecule has 0 aliphatic carbocycles. The predicted octanol–water partition coefficient (Wildman–Crippen LogP) is 1.14. The van der Waals surface area contributed by atoms with Gasteiger partial charge in [-0.05, 0) is 11.6 Å². The van der Waals surface area contributed by atoms with Crippen molar-refractivity contribution in [1.82, 2.24) is 9.55 Å². The van der Waals surface area contributed by atoms with Crippen LogP contribution in [0.3, 0.4) is 0 Å². The van der Waals surface area contributed by atoms with Gasteiger partial charge in [0.1, 0.15) is 0 Å². The molecule has 0 spiro atoms. The normalized spacial score (nSPS) is 11.1. The zero-order chi connectivity index (χ0) is 11.4. The molecular weight excluding hydrogens is 202 g/mol. The molecule has 0 saturated carbocycles. The van der Waals surface area contributed by atoms with Crippen molar-refractivity contribution in [1.29, 1.82) is 0 Å². The molecule has 1 aromatic heterocycles. The summed E-state index contributed by atoms with van der Waals surface area (Å²) in [5, 5.41) is 0. The van der Waals surface area contributed by atoms with E-state index in [1.54, 1.807) is 17.0 Å². The van der Waals surface area contributed by atoms with Crippen LogP contribution >= 0.6 is 0 Å². The third-order valence-electron chi connectivity index (χ3n) is 2.28. The Morgan fingerprint density at radius 1 is 1.38 bits per heavy atom. The van der Waals surface area contributed by atoms with Crippen molar-refractivity contribution in [3.8, 4) is 5.69 Å². The molecule has 0 aliphatic heterocycles. The Morgan fingerprint density at radius 3 is 2.88 bits per heavy atom. The number of nitrogens with one attached hydrogen (secondary N) is 1. The van der Waals surface area contributed by atoms with E-state index in [1.807, 2.05) is 36.4 Å². The van der Waals surface area contributed by atoms with Crippen LogP contribution in [0.25, 0.3) is 11.8 Å². The number of rotatable bonds is 3. The highest BCUT2D eigenvalue weighted by molar-refractivity contribution is 5.60. The molecule has 2 rings (SSSR count). The Bertz CT molecular complexity index is 551. The molecule has 4 heteroatoms. The second kappa shape index (κ2) is 4.63. The van der Waals surface area contributed by atoms with Gasteiger partial charge in [-0.3, -0.25) is 4.57 Å². The summed E-state index contributed by atoms with van der Waals surface area (Å²) >= 11 is 0. The zero-order valence-electron chi connectivity index (χ0n) is 8.76. The first kappa shape index (κ1) is 10.4. The fourth-order valence-corrected chi connectivity index (χ4v) is 1.55. The van der Waals surface area contributed by atoms with Gasteiger partial charge in [-0.1, -0.05) is 30.4 Å². The van der Waals surface area contributed by atoms with Gasteiger partial charge in [-0.2, -0.15) is 0 Å². The molecule has 0 unspecified atom stereocenters. The second-order valence-electron chi connectivity index (χ2n) is 3.33. The molecule has 3 N–H and O–H groups in total. The zero-order valence-corrected chi connectivity index (χ0v) is 8.76. The molecule has 4 nitrogen and oxygen atoms in total. The van der Waals surface area contributed by atoms with Gasteiger partial charge in [-0.25, -0.2) is 4.79 Å². The fourth-order valence-electron chi connectivity index (χ4n) is 1.55. The minimum absolute atomic E-state index is 0.145. The van der Waals surface area contributed by atoms with Crippen LogP contribution in [0.15, 0.2) is 47.5 Å². The molecular formula is C12H13N3O. The Hall–Kier alpha value is -2.07. The average Bonchev–Trinajstić information content (AvgIpc) is 2.73. The highest BCUT2D eigenvalue weighted by Gasteiger charge is 2.02. The summed E-state index contributed by atoms with van der Waals surface area (Å²) in [5.41, 5.74) is 7.08. The van der Waals surface area contributed by atoms with E-state index >= 15 is 0 Å². The lowest BCUT2D eigenvalue weighted by atomic mass is 10.1. The van der Waals surface area contributed by atoms with Gasteiger partial charge in [0.15, 0.2) is 0 Å². The van der Waals surface area contributed by atoms with Gasteiger partial charge < -0.3 is 10.7 Å². The highest BCUT2D eigenvalue weighted by atomic mass is 16.1. The molecule has 0 atom stereocenters. The molecule has 16 heavy (non-hydrogen) atoms. The maximum Gasteiger partial charge on any atom is 0.330 e. The van der Waals surface area contributed by atoms with E-state index in [1.165, 1.54) is 0 Å². The van der Waals surface area contributed by atoms with Crippen LogP contribution < -0.4 is 11.4 Å². The van der Waals surface area contributed by atoms with E-state index in [0.717, 1.165) is 11.3 Å². The summed E-state index contributed by atoms with van der Waals surface area (Å²) < 4.78 is 1.57. The van der Waals surface area contributed by atoms with Gasteiger partial charge in [0.05, 0.1) is 5.69 Å². The van der Waals surface area contributed by atoms with Crippen LogP contribution in [0.1, 0.15) is 5.56 Å². The summed E-state index contributed by atoms with van der Waals surface area (Å²) in [6.07, 6.45) is 7.09. The molecule has 0 amide bonds. The number of nitrogens with zero attached hydrogens (tertiary/aromatic N) is 1. The van der Waals surface area contributed by atoms with Gasteiger partial charge in [0.25, 0.3) is 0 Å². The van der Waals surface area contributed by atoms with E-state index in [4.69, 9.17) is 5.73 Å². The van der Waals surface area contributed by atoms with Crippen molar-refractivity contribution >= 4 is 6.08 Å². The first-order valence-corrected chi connectivity index (χ1v) is 5.05. The lowest BCUT2D eigenvalue weighted by Crippen LogP contribution is -2.14. The summed E-state index contributed by atoms with van der Waals surface area (Å²) in [5.74, 6) is 0. The van der Waals surface area contributed by atoms with Crippen LogP contribution in [0.4, 0.5) is 0 Å². The van der Waals surface area contributed by atoms with Crippen molar-refractivity contribution in [2.45, 2.75) is 0 Å². The van der Waals surface area contributed by atoms with Crippen LogP contribution in [-0.4, -0.2) is 16.1 Å². The first-order valence-electron chi connectivity index (χ1n) is 5.05. The van der Waals surface area contributed by atoms with Crippen LogP contribution in [0.2, 0.25) is 0 Å².